The van der Waals surface area contributed by atoms with Crippen LogP contribution in [0.3, 0.4) is 0 Å². The molecule has 0 aliphatic carbocycles. The van der Waals surface area contributed by atoms with Crippen LogP contribution in [0.4, 0.5) is 5.69 Å². The number of hydrogen-bond acceptors (Lipinski definition) is 3. The van der Waals surface area contributed by atoms with Crippen molar-refractivity contribution in [1.29, 1.82) is 0 Å². The van der Waals surface area contributed by atoms with E-state index < -0.39 is 0 Å². The van der Waals surface area contributed by atoms with Gasteiger partial charge in [0.2, 0.25) is 0 Å². The van der Waals surface area contributed by atoms with Crippen LogP contribution in [0, 0.1) is 6.92 Å². The first kappa shape index (κ1) is 23.5. The number of hydrogen-bond donors (Lipinski definition) is 1. The van der Waals surface area contributed by atoms with Crippen LogP contribution in [-0.4, -0.2) is 23.2 Å². The maximum atomic E-state index is 10.3. The molecule has 2 aromatic rings. The van der Waals surface area contributed by atoms with Gasteiger partial charge in [0.05, 0.1) is 0 Å². The third kappa shape index (κ3) is 7.87. The highest BCUT2D eigenvalue weighted by molar-refractivity contribution is 5.95. The van der Waals surface area contributed by atoms with Crippen molar-refractivity contribution in [2.45, 2.75) is 97.8 Å². The highest BCUT2D eigenvalue weighted by Gasteiger charge is 2.13. The van der Waals surface area contributed by atoms with Gasteiger partial charge in [-0.1, -0.05) is 78.1 Å². The Morgan fingerprint density at radius 1 is 0.724 bits per heavy atom. The first-order valence-electron chi connectivity index (χ1n) is 12.0. The number of anilines is 1. The summed E-state index contributed by atoms with van der Waals surface area (Å²) in [5.41, 5.74) is 2.91. The van der Waals surface area contributed by atoms with E-state index in [1.165, 1.54) is 82.7 Å². The summed E-state index contributed by atoms with van der Waals surface area (Å²) < 4.78 is 0. The minimum Gasteiger partial charge on any atom is -0.506 e. The van der Waals surface area contributed by atoms with Gasteiger partial charge >= 0.3 is 0 Å². The number of unbranched alkanes of at least 4 members (excludes halogenated alkanes) is 10. The Morgan fingerprint density at radius 2 is 1.28 bits per heavy atom. The summed E-state index contributed by atoms with van der Waals surface area (Å²) in [6.07, 6.45) is 15.8. The average Bonchev–Trinajstić information content (AvgIpc) is 2.72. The molecule has 0 saturated carbocycles. The number of fused-ring (bicyclic) bond motifs is 1. The molecule has 0 amide bonds. The van der Waals surface area contributed by atoms with Gasteiger partial charge in [0.15, 0.2) is 0 Å². The number of aromatic hydroxyl groups is 1. The van der Waals surface area contributed by atoms with E-state index in [0.717, 1.165) is 29.7 Å². The molecule has 29 heavy (non-hydrogen) atoms. The van der Waals surface area contributed by atoms with Crippen molar-refractivity contribution in [3.63, 3.8) is 0 Å². The molecular formula is C26H42N2O. The lowest BCUT2D eigenvalue weighted by molar-refractivity contribution is 0.480. The standard InChI is InChI=1S/C26H42N2O/c1-4-6-8-10-12-14-20-28(21-15-13-11-9-7-5-2)24-18-19-25(29)26-23(24)17-16-22(3)27-26/h16-19,29H,4-15,20-21H2,1-3H3. The molecule has 0 unspecified atom stereocenters. The van der Waals surface area contributed by atoms with E-state index in [-0.39, 0.29) is 5.75 Å². The van der Waals surface area contributed by atoms with Gasteiger partial charge in [-0.05, 0) is 44.0 Å². The Hall–Kier alpha value is -1.77. The number of nitrogens with zero attached hydrogens (tertiary/aromatic N) is 2. The second kappa shape index (κ2) is 13.5. The molecule has 2 rings (SSSR count). The van der Waals surface area contributed by atoms with Crippen LogP contribution in [0.25, 0.3) is 10.9 Å². The molecule has 0 bridgehead atoms. The van der Waals surface area contributed by atoms with Crippen molar-refractivity contribution in [3.8, 4) is 5.75 Å². The molecule has 0 aliphatic rings. The summed E-state index contributed by atoms with van der Waals surface area (Å²) in [6, 6.07) is 8.09. The normalized spacial score (nSPS) is 11.3. The molecule has 3 nitrogen and oxygen atoms in total. The molecule has 0 radical (unpaired) electrons. The van der Waals surface area contributed by atoms with Gasteiger partial charge in [-0.2, -0.15) is 0 Å². The highest BCUT2D eigenvalue weighted by Crippen LogP contribution is 2.32. The van der Waals surface area contributed by atoms with Gasteiger partial charge in [-0.15, -0.1) is 0 Å². The predicted molar refractivity (Wildman–Crippen MR) is 127 cm³/mol. The molecular weight excluding hydrogens is 356 g/mol. The number of phenols is 1. The van der Waals surface area contributed by atoms with Gasteiger partial charge in [-0.25, -0.2) is 4.98 Å². The molecule has 1 aromatic carbocycles. The minimum atomic E-state index is 0.284. The monoisotopic (exact) mass is 398 g/mol. The predicted octanol–water partition coefficient (Wildman–Crippen LogP) is 7.78. The van der Waals surface area contributed by atoms with Crippen molar-refractivity contribution >= 4 is 16.6 Å². The topological polar surface area (TPSA) is 36.4 Å². The van der Waals surface area contributed by atoms with Gasteiger partial charge in [0.25, 0.3) is 0 Å². The van der Waals surface area contributed by atoms with Crippen molar-refractivity contribution < 1.29 is 5.11 Å². The lowest BCUT2D eigenvalue weighted by Crippen LogP contribution is -2.26. The first-order chi connectivity index (χ1) is 14.2. The van der Waals surface area contributed by atoms with Crippen molar-refractivity contribution in [2.24, 2.45) is 0 Å². The third-order valence-corrected chi connectivity index (χ3v) is 5.86. The second-order valence-electron chi connectivity index (χ2n) is 8.48. The summed E-state index contributed by atoms with van der Waals surface area (Å²) in [7, 11) is 0. The number of aromatic nitrogens is 1. The van der Waals surface area contributed by atoms with Crippen LogP contribution in [0.15, 0.2) is 24.3 Å². The number of aryl methyl sites for hydroxylation is 1. The number of phenolic OH excluding ortho intramolecular Hbond substituents is 1. The van der Waals surface area contributed by atoms with Crippen LogP contribution >= 0.6 is 0 Å². The zero-order valence-corrected chi connectivity index (χ0v) is 19.1. The Labute approximate surface area is 178 Å². The Bertz CT molecular complexity index is 697. The summed E-state index contributed by atoms with van der Waals surface area (Å²) in [4.78, 5) is 7.14. The molecule has 1 aromatic heterocycles. The summed E-state index contributed by atoms with van der Waals surface area (Å²) in [5, 5.41) is 11.4. The summed E-state index contributed by atoms with van der Waals surface area (Å²) in [6.45, 7) is 8.71. The van der Waals surface area contributed by atoms with E-state index >= 15 is 0 Å². The zero-order valence-electron chi connectivity index (χ0n) is 19.1. The largest absolute Gasteiger partial charge is 0.506 e. The SMILES string of the molecule is CCCCCCCCN(CCCCCCCC)c1ccc(O)c2nc(C)ccc12. The molecule has 0 atom stereocenters. The van der Waals surface area contributed by atoms with Crippen LogP contribution in [0.5, 0.6) is 5.75 Å². The molecule has 0 fully saturated rings. The van der Waals surface area contributed by atoms with E-state index in [4.69, 9.17) is 0 Å². The van der Waals surface area contributed by atoms with E-state index in [0.29, 0.717) is 0 Å². The van der Waals surface area contributed by atoms with E-state index in [1.54, 1.807) is 0 Å². The smallest absolute Gasteiger partial charge is 0.141 e. The van der Waals surface area contributed by atoms with E-state index in [1.807, 2.05) is 13.0 Å². The van der Waals surface area contributed by atoms with Crippen molar-refractivity contribution in [1.82, 2.24) is 4.98 Å². The summed E-state index contributed by atoms with van der Waals surface area (Å²) >= 11 is 0. The van der Waals surface area contributed by atoms with Crippen LogP contribution < -0.4 is 4.90 Å². The first-order valence-corrected chi connectivity index (χ1v) is 12.0. The van der Waals surface area contributed by atoms with Gasteiger partial charge < -0.3 is 10.0 Å². The molecule has 0 aliphatic heterocycles. The zero-order chi connectivity index (χ0) is 20.9. The van der Waals surface area contributed by atoms with Crippen molar-refractivity contribution in [2.75, 3.05) is 18.0 Å². The van der Waals surface area contributed by atoms with Gasteiger partial charge in [0, 0.05) is 29.9 Å². The number of benzene rings is 1. The fourth-order valence-electron chi connectivity index (χ4n) is 4.08. The molecule has 1 heterocycles. The number of rotatable bonds is 15. The fourth-order valence-corrected chi connectivity index (χ4v) is 4.08. The Balaban J connectivity index is 2.05. The van der Waals surface area contributed by atoms with Gasteiger partial charge in [0.1, 0.15) is 11.3 Å². The quantitative estimate of drug-likeness (QED) is 0.311. The lowest BCUT2D eigenvalue weighted by atomic mass is 10.1. The molecule has 0 spiro atoms. The lowest BCUT2D eigenvalue weighted by Gasteiger charge is -2.26. The average molecular weight is 399 g/mol. The van der Waals surface area contributed by atoms with E-state index in [9.17, 15) is 5.11 Å². The fraction of sp³-hybridized carbons (Fsp3) is 0.654. The highest BCUT2D eigenvalue weighted by atomic mass is 16.3. The van der Waals surface area contributed by atoms with Gasteiger partial charge in [-0.3, -0.25) is 0 Å². The molecule has 1 N–H and O–H groups in total. The second-order valence-corrected chi connectivity index (χ2v) is 8.48. The Morgan fingerprint density at radius 3 is 1.86 bits per heavy atom. The van der Waals surface area contributed by atoms with Crippen molar-refractivity contribution in [3.05, 3.63) is 30.0 Å². The number of pyridine rings is 1. The minimum absolute atomic E-state index is 0.284. The van der Waals surface area contributed by atoms with Crippen LogP contribution in [0.2, 0.25) is 0 Å². The Kier molecular flexibility index (Phi) is 10.9. The molecule has 3 heteroatoms. The summed E-state index contributed by atoms with van der Waals surface area (Å²) in [5.74, 6) is 0.284. The maximum Gasteiger partial charge on any atom is 0.141 e. The molecule has 162 valence electrons. The maximum absolute atomic E-state index is 10.3. The molecule has 0 saturated heterocycles. The van der Waals surface area contributed by atoms with Crippen LogP contribution in [-0.2, 0) is 0 Å². The van der Waals surface area contributed by atoms with E-state index in [2.05, 4.69) is 41.9 Å². The third-order valence-electron chi connectivity index (χ3n) is 5.86. The van der Waals surface area contributed by atoms with Crippen LogP contribution in [0.1, 0.15) is 96.6 Å².